The molecule has 0 unspecified atom stereocenters. The highest BCUT2D eigenvalue weighted by molar-refractivity contribution is 7.80. The van der Waals surface area contributed by atoms with Gasteiger partial charge in [-0.3, -0.25) is 15.6 Å². The van der Waals surface area contributed by atoms with E-state index >= 15 is 0 Å². The van der Waals surface area contributed by atoms with Gasteiger partial charge in [0.2, 0.25) is 0 Å². The van der Waals surface area contributed by atoms with Crippen molar-refractivity contribution >= 4 is 23.2 Å². The van der Waals surface area contributed by atoms with Crippen molar-refractivity contribution in [2.45, 2.75) is 33.3 Å². The minimum atomic E-state index is -0.251. The number of hydrogen-bond acceptors (Lipinski definition) is 4. The minimum Gasteiger partial charge on any atom is -0.494 e. The third-order valence-corrected chi connectivity index (χ3v) is 4.11. The molecule has 0 aliphatic carbocycles. The molecule has 0 aliphatic rings. The van der Waals surface area contributed by atoms with E-state index in [1.165, 1.54) is 0 Å². The van der Waals surface area contributed by atoms with Gasteiger partial charge < -0.3 is 14.8 Å². The summed E-state index contributed by atoms with van der Waals surface area (Å²) in [6, 6.07) is 14.7. The number of benzene rings is 2. The molecular weight excluding hydrogens is 374 g/mol. The largest absolute Gasteiger partial charge is 0.494 e. The van der Waals surface area contributed by atoms with Crippen molar-refractivity contribution < 1.29 is 14.3 Å². The molecule has 0 heterocycles. The zero-order valence-electron chi connectivity index (χ0n) is 16.3. The van der Waals surface area contributed by atoms with Crippen LogP contribution in [0.25, 0.3) is 0 Å². The van der Waals surface area contributed by atoms with Crippen LogP contribution in [0.1, 0.15) is 42.6 Å². The monoisotopic (exact) mass is 401 g/mol. The van der Waals surface area contributed by atoms with Crippen LogP contribution in [-0.2, 0) is 6.61 Å². The van der Waals surface area contributed by atoms with Crippen LogP contribution in [0.2, 0.25) is 0 Å². The van der Waals surface area contributed by atoms with Gasteiger partial charge in [0.05, 0.1) is 6.61 Å². The Morgan fingerprint density at radius 2 is 1.57 bits per heavy atom. The summed E-state index contributed by atoms with van der Waals surface area (Å²) in [5, 5.41) is 3.43. The Hall–Kier alpha value is -2.80. The lowest BCUT2D eigenvalue weighted by molar-refractivity contribution is 0.0943. The summed E-state index contributed by atoms with van der Waals surface area (Å²) >= 11 is 5.10. The second-order valence-corrected chi connectivity index (χ2v) is 6.49. The van der Waals surface area contributed by atoms with E-state index in [2.05, 4.69) is 23.1 Å². The Kier molecular flexibility index (Phi) is 9.07. The maximum Gasteiger partial charge on any atom is 0.269 e. The van der Waals surface area contributed by atoms with Crippen molar-refractivity contribution in [3.05, 3.63) is 59.7 Å². The average molecular weight is 402 g/mol. The Balaban J connectivity index is 1.77. The second-order valence-electron chi connectivity index (χ2n) is 6.08. The zero-order valence-corrected chi connectivity index (χ0v) is 17.1. The molecule has 3 N–H and O–H groups in total. The number of hydrogen-bond donors (Lipinski definition) is 3. The lowest BCUT2D eigenvalue weighted by atomic mass is 10.1. The van der Waals surface area contributed by atoms with E-state index in [-0.39, 0.29) is 5.91 Å². The fourth-order valence-electron chi connectivity index (χ4n) is 2.33. The Bertz CT molecular complexity index is 748. The van der Waals surface area contributed by atoms with Gasteiger partial charge >= 0.3 is 0 Å². The molecule has 2 rings (SSSR count). The molecule has 28 heavy (non-hydrogen) atoms. The predicted molar refractivity (Wildman–Crippen MR) is 114 cm³/mol. The predicted octanol–water partition coefficient (Wildman–Crippen LogP) is 3.57. The first-order valence-electron chi connectivity index (χ1n) is 9.41. The van der Waals surface area contributed by atoms with Crippen LogP contribution in [0.15, 0.2) is 48.5 Å². The highest BCUT2D eigenvalue weighted by Crippen LogP contribution is 2.18. The topological polar surface area (TPSA) is 71.6 Å². The Morgan fingerprint density at radius 1 is 0.929 bits per heavy atom. The standard InChI is InChI=1S/C21H27N3O3S/c1-3-5-14-22-21(28)24-23-20(25)17-8-6-16(7-9-17)15-27-19-12-10-18(11-13-19)26-4-2/h6-13H,3-5,14-15H2,1-2H3,(H,23,25)(H2,22,24,28). The SMILES string of the molecule is CCCCNC(=S)NNC(=O)c1ccc(COc2ccc(OCC)cc2)cc1. The van der Waals surface area contributed by atoms with E-state index in [9.17, 15) is 4.79 Å². The molecule has 0 saturated heterocycles. The zero-order chi connectivity index (χ0) is 20.2. The molecule has 2 aromatic carbocycles. The number of hydrazine groups is 1. The third-order valence-electron chi connectivity index (χ3n) is 3.86. The average Bonchev–Trinajstić information content (AvgIpc) is 2.72. The Labute approximate surface area is 171 Å². The maximum absolute atomic E-state index is 12.2. The first-order chi connectivity index (χ1) is 13.6. The minimum absolute atomic E-state index is 0.251. The third kappa shape index (κ3) is 7.44. The van der Waals surface area contributed by atoms with Crippen molar-refractivity contribution in [3.8, 4) is 11.5 Å². The van der Waals surface area contributed by atoms with Crippen molar-refractivity contribution in [2.24, 2.45) is 0 Å². The summed E-state index contributed by atoms with van der Waals surface area (Å²) in [5.41, 5.74) is 6.79. The maximum atomic E-state index is 12.2. The molecule has 6 nitrogen and oxygen atoms in total. The normalized spacial score (nSPS) is 10.1. The fraction of sp³-hybridized carbons (Fsp3) is 0.333. The van der Waals surface area contributed by atoms with Crippen LogP contribution >= 0.6 is 12.2 Å². The number of carbonyl (C=O) groups excluding carboxylic acids is 1. The van der Waals surface area contributed by atoms with E-state index < -0.39 is 0 Å². The number of carbonyl (C=O) groups is 1. The molecule has 1 amide bonds. The van der Waals surface area contributed by atoms with E-state index in [1.807, 2.05) is 43.3 Å². The van der Waals surface area contributed by atoms with E-state index in [0.717, 1.165) is 36.4 Å². The van der Waals surface area contributed by atoms with E-state index in [4.69, 9.17) is 21.7 Å². The number of thiocarbonyl (C=S) groups is 1. The second kappa shape index (κ2) is 11.8. The molecule has 0 aromatic heterocycles. The molecule has 150 valence electrons. The van der Waals surface area contributed by atoms with Gasteiger partial charge in [-0.25, -0.2) is 0 Å². The molecule has 0 fully saturated rings. The van der Waals surface area contributed by atoms with Crippen LogP contribution in [0, 0.1) is 0 Å². The molecular formula is C21H27N3O3S. The number of amides is 1. The van der Waals surface area contributed by atoms with E-state index in [0.29, 0.717) is 23.9 Å². The lowest BCUT2D eigenvalue weighted by Gasteiger charge is -2.11. The number of unbranched alkanes of at least 4 members (excludes halogenated alkanes) is 1. The van der Waals surface area contributed by atoms with Gasteiger partial charge in [0.1, 0.15) is 18.1 Å². The molecule has 0 atom stereocenters. The summed E-state index contributed by atoms with van der Waals surface area (Å²) in [6.07, 6.45) is 2.10. The van der Waals surface area contributed by atoms with Gasteiger partial charge in [-0.15, -0.1) is 0 Å². The molecule has 0 spiro atoms. The van der Waals surface area contributed by atoms with Crippen molar-refractivity contribution in [1.82, 2.24) is 16.2 Å². The summed E-state index contributed by atoms with van der Waals surface area (Å²) < 4.78 is 11.2. The van der Waals surface area contributed by atoms with Gasteiger partial charge in [0.25, 0.3) is 5.91 Å². The van der Waals surface area contributed by atoms with Crippen LogP contribution < -0.4 is 25.6 Å². The quantitative estimate of drug-likeness (QED) is 0.339. The van der Waals surface area contributed by atoms with Gasteiger partial charge in [-0.05, 0) is 67.5 Å². The van der Waals surface area contributed by atoms with Crippen LogP contribution in [0.5, 0.6) is 11.5 Å². The summed E-state index contributed by atoms with van der Waals surface area (Å²) in [7, 11) is 0. The fourth-order valence-corrected chi connectivity index (χ4v) is 2.48. The highest BCUT2D eigenvalue weighted by atomic mass is 32.1. The van der Waals surface area contributed by atoms with E-state index in [1.54, 1.807) is 12.1 Å². The molecule has 0 bridgehead atoms. The number of rotatable bonds is 9. The van der Waals surface area contributed by atoms with Gasteiger partial charge in [-0.1, -0.05) is 25.5 Å². The van der Waals surface area contributed by atoms with Crippen molar-refractivity contribution in [3.63, 3.8) is 0 Å². The number of nitrogens with one attached hydrogen (secondary N) is 3. The van der Waals surface area contributed by atoms with Gasteiger partial charge in [-0.2, -0.15) is 0 Å². The van der Waals surface area contributed by atoms with Crippen LogP contribution in [-0.4, -0.2) is 24.2 Å². The van der Waals surface area contributed by atoms with Crippen LogP contribution in [0.3, 0.4) is 0 Å². The summed E-state index contributed by atoms with van der Waals surface area (Å²) in [5.74, 6) is 1.33. The van der Waals surface area contributed by atoms with Crippen molar-refractivity contribution in [1.29, 1.82) is 0 Å². The number of ether oxygens (including phenoxy) is 2. The molecule has 0 aliphatic heterocycles. The molecule has 0 saturated carbocycles. The Morgan fingerprint density at radius 3 is 2.18 bits per heavy atom. The molecule has 0 radical (unpaired) electrons. The first-order valence-corrected chi connectivity index (χ1v) is 9.82. The molecule has 2 aromatic rings. The van der Waals surface area contributed by atoms with Gasteiger partial charge in [0, 0.05) is 12.1 Å². The van der Waals surface area contributed by atoms with Gasteiger partial charge in [0.15, 0.2) is 5.11 Å². The van der Waals surface area contributed by atoms with Crippen molar-refractivity contribution in [2.75, 3.05) is 13.2 Å². The molecule has 7 heteroatoms. The van der Waals surface area contributed by atoms with Crippen LogP contribution in [0.4, 0.5) is 0 Å². The summed E-state index contributed by atoms with van der Waals surface area (Å²) in [6.45, 7) is 5.88. The smallest absolute Gasteiger partial charge is 0.269 e. The first kappa shape index (κ1) is 21.5. The highest BCUT2D eigenvalue weighted by Gasteiger charge is 2.06. The summed E-state index contributed by atoms with van der Waals surface area (Å²) in [4.78, 5) is 12.2. The lowest BCUT2D eigenvalue weighted by Crippen LogP contribution is -2.46.